The fraction of sp³-hybridized carbons (Fsp3) is 0.810. The van der Waals surface area contributed by atoms with Gasteiger partial charge in [0.1, 0.15) is 0 Å². The van der Waals surface area contributed by atoms with Gasteiger partial charge in [-0.3, -0.25) is 4.79 Å². The molecule has 0 unspecified atom stereocenters. The number of H-pyrrole nitrogens is 1. The molecule has 27 heavy (non-hydrogen) atoms. The minimum atomic E-state index is -0.833. The highest BCUT2D eigenvalue weighted by molar-refractivity contribution is 5.62. The van der Waals surface area contributed by atoms with Crippen molar-refractivity contribution in [3.63, 3.8) is 0 Å². The maximum Gasteiger partial charge on any atom is 0.300 e. The van der Waals surface area contributed by atoms with Crippen molar-refractivity contribution in [2.75, 3.05) is 26.2 Å². The maximum atomic E-state index is 9.00. The first kappa shape index (κ1) is 30.3. The van der Waals surface area contributed by atoms with Crippen LogP contribution in [0.15, 0.2) is 18.7 Å². The van der Waals surface area contributed by atoms with E-state index < -0.39 is 5.97 Å². The van der Waals surface area contributed by atoms with Crippen LogP contribution >= 0.6 is 0 Å². The number of carbonyl (C=O) groups is 1. The average Bonchev–Trinajstić information content (AvgIpc) is 3.20. The monoisotopic (exact) mass is 387 g/mol. The number of hydrogen-bond acceptors (Lipinski definition) is 3. The second-order valence-corrected chi connectivity index (χ2v) is 6.93. The second-order valence-electron chi connectivity index (χ2n) is 6.93. The molecule has 1 rings (SSSR count). The van der Waals surface area contributed by atoms with Crippen molar-refractivity contribution in [1.82, 2.24) is 16.1 Å². The van der Waals surface area contributed by atoms with Crippen LogP contribution in [0, 0.1) is 0 Å². The summed E-state index contributed by atoms with van der Waals surface area (Å²) >= 11 is 0. The molecule has 0 fully saturated rings. The van der Waals surface area contributed by atoms with E-state index in [-0.39, 0.29) is 6.15 Å². The Kier molecular flexibility index (Phi) is 25.4. The normalized spacial score (nSPS) is 9.96. The zero-order valence-corrected chi connectivity index (χ0v) is 18.7. The van der Waals surface area contributed by atoms with Crippen molar-refractivity contribution in [2.45, 2.75) is 86.0 Å². The smallest absolute Gasteiger partial charge is 0.300 e. The van der Waals surface area contributed by atoms with Crippen molar-refractivity contribution in [1.29, 1.82) is 0 Å². The standard InChI is InChI=1S/C16H36N.C3H4N2.C2H4O2.H3N/c1-5-9-13-17(14-10-6-2,15-11-7-3)16-12-8-4;1-2-5-3-4-1;1-2(3)4;/h5-16H2,1-4H3;1-3H,(H,4,5);1H3,(H,3,4);1H3/q+1;;;. The number of rotatable bonds is 12. The SMILES string of the molecule is CC(=O)O.CCCC[N+](CCCC)(CCCC)CCCC.N.c1c[nH]cn1. The number of nitrogens with zero attached hydrogens (tertiary/aromatic N) is 2. The van der Waals surface area contributed by atoms with E-state index in [4.69, 9.17) is 9.90 Å². The molecule has 1 aromatic rings. The van der Waals surface area contributed by atoms with Crippen molar-refractivity contribution in [3.8, 4) is 0 Å². The molecule has 0 aliphatic heterocycles. The zero-order valence-electron chi connectivity index (χ0n) is 18.7. The summed E-state index contributed by atoms with van der Waals surface area (Å²) in [7, 11) is 0. The van der Waals surface area contributed by atoms with E-state index in [0.29, 0.717) is 0 Å². The molecule has 162 valence electrons. The Bertz CT molecular complexity index is 325. The number of aromatic nitrogens is 2. The third-order valence-corrected chi connectivity index (χ3v) is 4.35. The molecule has 0 spiro atoms. The van der Waals surface area contributed by atoms with E-state index in [0.717, 1.165) is 6.92 Å². The van der Waals surface area contributed by atoms with Crippen LogP contribution in [0.3, 0.4) is 0 Å². The lowest BCUT2D eigenvalue weighted by Gasteiger charge is -2.39. The van der Waals surface area contributed by atoms with E-state index in [1.54, 1.807) is 18.7 Å². The predicted octanol–water partition coefficient (Wildman–Crippen LogP) is 5.67. The van der Waals surface area contributed by atoms with E-state index in [9.17, 15) is 0 Å². The number of imidazole rings is 1. The Morgan fingerprint density at radius 1 is 0.889 bits per heavy atom. The first-order chi connectivity index (χ1) is 12.5. The number of carboxylic acids is 1. The molecule has 6 nitrogen and oxygen atoms in total. The molecular formula is C21H47N4O2+. The molecule has 0 bridgehead atoms. The molecular weight excluding hydrogens is 340 g/mol. The van der Waals surface area contributed by atoms with E-state index >= 15 is 0 Å². The highest BCUT2D eigenvalue weighted by Gasteiger charge is 2.24. The number of aliphatic carboxylic acids is 1. The summed E-state index contributed by atoms with van der Waals surface area (Å²) in [6.45, 7) is 16.1. The quantitative estimate of drug-likeness (QED) is 0.402. The lowest BCUT2D eigenvalue weighted by molar-refractivity contribution is -0.929. The molecule has 0 saturated carbocycles. The molecule has 0 aromatic carbocycles. The summed E-state index contributed by atoms with van der Waals surface area (Å²) in [5.74, 6) is -0.833. The maximum absolute atomic E-state index is 9.00. The molecule has 0 amide bonds. The minimum Gasteiger partial charge on any atom is -0.481 e. The van der Waals surface area contributed by atoms with Crippen LogP contribution in [0.1, 0.15) is 86.0 Å². The highest BCUT2D eigenvalue weighted by Crippen LogP contribution is 2.16. The Labute approximate surface area is 168 Å². The Balaban J connectivity index is -0.000000470. The topological polar surface area (TPSA) is 101 Å². The van der Waals surface area contributed by atoms with Gasteiger partial charge in [-0.15, -0.1) is 0 Å². The first-order valence-corrected chi connectivity index (χ1v) is 10.4. The van der Waals surface area contributed by atoms with Gasteiger partial charge in [0.05, 0.1) is 32.5 Å². The third-order valence-electron chi connectivity index (χ3n) is 4.35. The molecule has 5 N–H and O–H groups in total. The average molecular weight is 388 g/mol. The van der Waals surface area contributed by atoms with E-state index in [1.807, 2.05) is 0 Å². The summed E-state index contributed by atoms with van der Waals surface area (Å²) in [6, 6.07) is 0. The number of aromatic amines is 1. The molecule has 6 heteroatoms. The van der Waals surface area contributed by atoms with Crippen molar-refractivity contribution in [2.24, 2.45) is 0 Å². The van der Waals surface area contributed by atoms with Crippen LogP contribution in [-0.4, -0.2) is 51.7 Å². The fourth-order valence-corrected chi connectivity index (χ4v) is 2.86. The molecule has 0 atom stereocenters. The molecule has 0 aliphatic rings. The van der Waals surface area contributed by atoms with Crippen LogP contribution < -0.4 is 6.15 Å². The summed E-state index contributed by atoms with van der Waals surface area (Å²) in [6.07, 6.45) is 16.1. The zero-order chi connectivity index (χ0) is 20.1. The Hall–Kier alpha value is -1.40. The van der Waals surface area contributed by atoms with Gasteiger partial charge < -0.3 is 20.7 Å². The van der Waals surface area contributed by atoms with Gasteiger partial charge in [0.25, 0.3) is 5.97 Å². The number of hydrogen-bond donors (Lipinski definition) is 3. The van der Waals surface area contributed by atoms with Gasteiger partial charge in [0.15, 0.2) is 0 Å². The Morgan fingerprint density at radius 3 is 1.37 bits per heavy atom. The van der Waals surface area contributed by atoms with Gasteiger partial charge in [-0.2, -0.15) is 0 Å². The van der Waals surface area contributed by atoms with Gasteiger partial charge in [-0.1, -0.05) is 53.4 Å². The van der Waals surface area contributed by atoms with Crippen LogP contribution in [0.5, 0.6) is 0 Å². The van der Waals surface area contributed by atoms with E-state index in [2.05, 4.69) is 37.7 Å². The van der Waals surface area contributed by atoms with Gasteiger partial charge in [0, 0.05) is 19.3 Å². The molecule has 1 aromatic heterocycles. The molecule has 0 saturated heterocycles. The van der Waals surface area contributed by atoms with Crippen LogP contribution in [-0.2, 0) is 4.79 Å². The third kappa shape index (κ3) is 22.6. The second kappa shape index (κ2) is 22.6. The lowest BCUT2D eigenvalue weighted by atomic mass is 10.1. The van der Waals surface area contributed by atoms with Crippen LogP contribution in [0.2, 0.25) is 0 Å². The molecule has 0 aliphatic carbocycles. The van der Waals surface area contributed by atoms with Crippen molar-refractivity contribution in [3.05, 3.63) is 18.7 Å². The Morgan fingerprint density at radius 2 is 1.22 bits per heavy atom. The van der Waals surface area contributed by atoms with Crippen LogP contribution in [0.25, 0.3) is 0 Å². The van der Waals surface area contributed by atoms with Crippen molar-refractivity contribution >= 4 is 5.97 Å². The summed E-state index contributed by atoms with van der Waals surface area (Å²) < 4.78 is 1.42. The largest absolute Gasteiger partial charge is 0.481 e. The summed E-state index contributed by atoms with van der Waals surface area (Å²) in [5, 5.41) is 7.42. The predicted molar refractivity (Wildman–Crippen MR) is 116 cm³/mol. The van der Waals surface area contributed by atoms with Gasteiger partial charge in [-0.25, -0.2) is 4.98 Å². The first-order valence-electron chi connectivity index (χ1n) is 10.4. The number of unbranched alkanes of at least 4 members (excludes halogenated alkanes) is 4. The number of nitrogens with one attached hydrogen (secondary N) is 1. The van der Waals surface area contributed by atoms with Crippen LogP contribution in [0.4, 0.5) is 0 Å². The fourth-order valence-electron chi connectivity index (χ4n) is 2.86. The van der Waals surface area contributed by atoms with E-state index in [1.165, 1.54) is 82.0 Å². The molecule has 0 radical (unpaired) electrons. The lowest BCUT2D eigenvalue weighted by Crippen LogP contribution is -2.50. The summed E-state index contributed by atoms with van der Waals surface area (Å²) in [5.41, 5.74) is 0. The minimum absolute atomic E-state index is 0. The van der Waals surface area contributed by atoms with Gasteiger partial charge in [-0.05, 0) is 25.7 Å². The number of quaternary nitrogens is 1. The highest BCUT2D eigenvalue weighted by atomic mass is 16.4. The van der Waals surface area contributed by atoms with Gasteiger partial charge in [0.2, 0.25) is 0 Å². The van der Waals surface area contributed by atoms with Gasteiger partial charge >= 0.3 is 0 Å². The van der Waals surface area contributed by atoms with Crippen molar-refractivity contribution < 1.29 is 14.4 Å². The number of carboxylic acid groups (broad SMARTS) is 1. The summed E-state index contributed by atoms with van der Waals surface area (Å²) in [4.78, 5) is 15.4. The molecule has 1 heterocycles.